The van der Waals surface area contributed by atoms with Gasteiger partial charge in [-0.15, -0.1) is 0 Å². The van der Waals surface area contributed by atoms with Crippen LogP contribution in [-0.2, 0) is 9.53 Å². The summed E-state index contributed by atoms with van der Waals surface area (Å²) in [5.41, 5.74) is 5.10. The van der Waals surface area contributed by atoms with Crippen molar-refractivity contribution >= 4 is 5.97 Å². The lowest BCUT2D eigenvalue weighted by Gasteiger charge is -2.04. The van der Waals surface area contributed by atoms with Crippen molar-refractivity contribution in [3.05, 3.63) is 0 Å². The molecule has 3 N–H and O–H groups in total. The lowest BCUT2D eigenvalue weighted by Crippen LogP contribution is -2.20. The SMILES string of the molecule is COC(=O)CC[C@@H](O)CN. The van der Waals surface area contributed by atoms with Gasteiger partial charge in [0.25, 0.3) is 0 Å². The number of ether oxygens (including phenoxy) is 1. The van der Waals surface area contributed by atoms with E-state index in [0.29, 0.717) is 6.42 Å². The summed E-state index contributed by atoms with van der Waals surface area (Å²) in [6.45, 7) is 0.191. The zero-order valence-electron chi connectivity index (χ0n) is 6.04. The Hall–Kier alpha value is -0.610. The fraction of sp³-hybridized carbons (Fsp3) is 0.833. The molecule has 0 saturated carbocycles. The van der Waals surface area contributed by atoms with Crippen LogP contribution in [0.4, 0.5) is 0 Å². The molecule has 0 spiro atoms. The number of carbonyl (C=O) groups is 1. The molecule has 0 radical (unpaired) electrons. The molecule has 0 aromatic rings. The van der Waals surface area contributed by atoms with Crippen molar-refractivity contribution in [3.8, 4) is 0 Å². The molecule has 60 valence electrons. The topological polar surface area (TPSA) is 72.5 Å². The summed E-state index contributed by atoms with van der Waals surface area (Å²) in [6.07, 6.45) is 0.0250. The highest BCUT2D eigenvalue weighted by atomic mass is 16.5. The first-order valence-electron chi connectivity index (χ1n) is 3.15. The number of carbonyl (C=O) groups excluding carboxylic acids is 1. The van der Waals surface area contributed by atoms with E-state index in [2.05, 4.69) is 4.74 Å². The second-order valence-corrected chi connectivity index (χ2v) is 2.00. The quantitative estimate of drug-likeness (QED) is 0.514. The molecule has 0 amide bonds. The summed E-state index contributed by atoms with van der Waals surface area (Å²) in [4.78, 5) is 10.5. The summed E-state index contributed by atoms with van der Waals surface area (Å²) in [5, 5.41) is 8.87. The zero-order chi connectivity index (χ0) is 7.98. The molecule has 0 fully saturated rings. The van der Waals surface area contributed by atoms with E-state index in [-0.39, 0.29) is 18.9 Å². The van der Waals surface area contributed by atoms with E-state index < -0.39 is 6.10 Å². The number of hydrogen-bond acceptors (Lipinski definition) is 4. The maximum atomic E-state index is 10.5. The van der Waals surface area contributed by atoms with Crippen LogP contribution in [0.1, 0.15) is 12.8 Å². The highest BCUT2D eigenvalue weighted by molar-refractivity contribution is 5.69. The molecule has 0 rings (SSSR count). The van der Waals surface area contributed by atoms with Crippen molar-refractivity contribution in [2.75, 3.05) is 13.7 Å². The lowest BCUT2D eigenvalue weighted by atomic mass is 10.2. The first kappa shape index (κ1) is 9.39. The highest BCUT2D eigenvalue weighted by Crippen LogP contribution is 1.95. The Bertz CT molecular complexity index is 105. The van der Waals surface area contributed by atoms with Gasteiger partial charge in [-0.05, 0) is 6.42 Å². The molecular weight excluding hydrogens is 134 g/mol. The molecule has 4 nitrogen and oxygen atoms in total. The molecule has 4 heteroatoms. The second kappa shape index (κ2) is 5.20. The van der Waals surface area contributed by atoms with E-state index in [1.54, 1.807) is 0 Å². The zero-order valence-corrected chi connectivity index (χ0v) is 6.04. The highest BCUT2D eigenvalue weighted by Gasteiger charge is 2.05. The maximum Gasteiger partial charge on any atom is 0.305 e. The molecule has 0 heterocycles. The van der Waals surface area contributed by atoms with Gasteiger partial charge in [0.2, 0.25) is 0 Å². The van der Waals surface area contributed by atoms with E-state index >= 15 is 0 Å². The summed E-state index contributed by atoms with van der Waals surface area (Å²) >= 11 is 0. The molecular formula is C6H13NO3. The average molecular weight is 147 g/mol. The Morgan fingerprint density at radius 2 is 2.40 bits per heavy atom. The molecule has 10 heavy (non-hydrogen) atoms. The van der Waals surface area contributed by atoms with Gasteiger partial charge in [-0.3, -0.25) is 4.79 Å². The fourth-order valence-corrected chi connectivity index (χ4v) is 0.504. The van der Waals surface area contributed by atoms with Gasteiger partial charge >= 0.3 is 5.97 Å². The average Bonchev–Trinajstić information content (AvgIpc) is 1.99. The predicted octanol–water partition coefficient (Wildman–Crippen LogP) is -0.741. The van der Waals surface area contributed by atoms with Gasteiger partial charge in [-0.2, -0.15) is 0 Å². The molecule has 0 aliphatic carbocycles. The van der Waals surface area contributed by atoms with Crippen molar-refractivity contribution in [2.24, 2.45) is 5.73 Å². The number of rotatable bonds is 4. The third-order valence-corrected chi connectivity index (χ3v) is 1.18. The van der Waals surface area contributed by atoms with E-state index in [4.69, 9.17) is 10.8 Å². The van der Waals surface area contributed by atoms with Gasteiger partial charge < -0.3 is 15.6 Å². The van der Waals surface area contributed by atoms with Crippen LogP contribution in [-0.4, -0.2) is 30.8 Å². The summed E-state index contributed by atoms with van der Waals surface area (Å²) in [5.74, 6) is -0.312. The number of nitrogens with two attached hydrogens (primary N) is 1. The molecule has 0 bridgehead atoms. The normalized spacial score (nSPS) is 12.7. The minimum atomic E-state index is -0.584. The number of methoxy groups -OCH3 is 1. The molecule has 1 atom stereocenters. The minimum Gasteiger partial charge on any atom is -0.469 e. The third kappa shape index (κ3) is 4.29. The number of hydrogen-bond donors (Lipinski definition) is 2. The summed E-state index contributed by atoms with van der Waals surface area (Å²) in [6, 6.07) is 0. The van der Waals surface area contributed by atoms with Gasteiger partial charge in [0.15, 0.2) is 0 Å². The summed E-state index contributed by atoms with van der Waals surface area (Å²) in [7, 11) is 1.32. The Morgan fingerprint density at radius 3 is 2.80 bits per heavy atom. The van der Waals surface area contributed by atoms with Gasteiger partial charge in [-0.1, -0.05) is 0 Å². The van der Waals surface area contributed by atoms with Crippen LogP contribution in [0, 0.1) is 0 Å². The largest absolute Gasteiger partial charge is 0.469 e. The first-order chi connectivity index (χ1) is 4.70. The number of aliphatic hydroxyl groups is 1. The van der Waals surface area contributed by atoms with Gasteiger partial charge in [0, 0.05) is 13.0 Å². The fourth-order valence-electron chi connectivity index (χ4n) is 0.504. The standard InChI is InChI=1S/C6H13NO3/c1-10-6(9)3-2-5(8)4-7/h5,8H,2-4,7H2,1H3/t5-/m1/s1. The molecule has 0 aromatic heterocycles. The van der Waals surface area contributed by atoms with Crippen molar-refractivity contribution in [2.45, 2.75) is 18.9 Å². The van der Waals surface area contributed by atoms with Crippen LogP contribution < -0.4 is 5.73 Å². The summed E-state index contributed by atoms with van der Waals surface area (Å²) < 4.78 is 4.35. The van der Waals surface area contributed by atoms with Crippen LogP contribution >= 0.6 is 0 Å². The van der Waals surface area contributed by atoms with Crippen LogP contribution in [0.3, 0.4) is 0 Å². The van der Waals surface area contributed by atoms with E-state index in [0.717, 1.165) is 0 Å². The Morgan fingerprint density at radius 1 is 1.80 bits per heavy atom. The van der Waals surface area contributed by atoms with Gasteiger partial charge in [-0.25, -0.2) is 0 Å². The van der Waals surface area contributed by atoms with Crippen molar-refractivity contribution < 1.29 is 14.6 Å². The maximum absolute atomic E-state index is 10.5. The molecule has 0 aromatic carbocycles. The first-order valence-corrected chi connectivity index (χ1v) is 3.15. The van der Waals surface area contributed by atoms with Crippen molar-refractivity contribution in [1.82, 2.24) is 0 Å². The Kier molecular flexibility index (Phi) is 4.88. The molecule has 0 saturated heterocycles. The van der Waals surface area contributed by atoms with Crippen LogP contribution in [0.15, 0.2) is 0 Å². The van der Waals surface area contributed by atoms with Gasteiger partial charge in [0.05, 0.1) is 13.2 Å². The molecule has 0 unspecified atom stereocenters. The van der Waals surface area contributed by atoms with Crippen molar-refractivity contribution in [1.29, 1.82) is 0 Å². The molecule has 0 aliphatic rings. The van der Waals surface area contributed by atoms with Crippen LogP contribution in [0.5, 0.6) is 0 Å². The molecule has 0 aliphatic heterocycles. The Balaban J connectivity index is 3.26. The van der Waals surface area contributed by atoms with Crippen molar-refractivity contribution in [3.63, 3.8) is 0 Å². The van der Waals surface area contributed by atoms with E-state index in [9.17, 15) is 4.79 Å². The smallest absolute Gasteiger partial charge is 0.305 e. The Labute approximate surface area is 60.0 Å². The third-order valence-electron chi connectivity index (χ3n) is 1.18. The van der Waals surface area contributed by atoms with Crippen LogP contribution in [0.25, 0.3) is 0 Å². The van der Waals surface area contributed by atoms with E-state index in [1.165, 1.54) is 7.11 Å². The number of aliphatic hydroxyl groups excluding tert-OH is 1. The number of esters is 1. The predicted molar refractivity (Wildman–Crippen MR) is 36.3 cm³/mol. The van der Waals surface area contributed by atoms with Crippen LogP contribution in [0.2, 0.25) is 0 Å². The minimum absolute atomic E-state index is 0.191. The van der Waals surface area contributed by atoms with Gasteiger partial charge in [0.1, 0.15) is 0 Å². The van der Waals surface area contributed by atoms with E-state index in [1.807, 2.05) is 0 Å². The monoisotopic (exact) mass is 147 g/mol. The lowest BCUT2D eigenvalue weighted by molar-refractivity contribution is -0.141. The second-order valence-electron chi connectivity index (χ2n) is 2.00.